The van der Waals surface area contributed by atoms with Crippen molar-refractivity contribution in [1.82, 2.24) is 0 Å². The van der Waals surface area contributed by atoms with Gasteiger partial charge in [0.1, 0.15) is 5.78 Å². The van der Waals surface area contributed by atoms with E-state index in [-0.39, 0.29) is 18.0 Å². The van der Waals surface area contributed by atoms with Gasteiger partial charge in [0.2, 0.25) is 0 Å². The van der Waals surface area contributed by atoms with Crippen molar-refractivity contribution in [2.45, 2.75) is 32.5 Å². The topological polar surface area (TPSA) is 52.6 Å². The van der Waals surface area contributed by atoms with Crippen LogP contribution in [0.15, 0.2) is 30.3 Å². The summed E-state index contributed by atoms with van der Waals surface area (Å²) in [5.74, 6) is -1.65. The quantitative estimate of drug-likeness (QED) is 0.324. The van der Waals surface area contributed by atoms with E-state index >= 15 is 0 Å². The molecule has 2 fully saturated rings. The van der Waals surface area contributed by atoms with Crippen LogP contribution in [0.25, 0.3) is 0 Å². The average Bonchev–Trinajstić information content (AvgIpc) is 3.18. The van der Waals surface area contributed by atoms with Crippen LogP contribution in [-0.2, 0) is 14.3 Å². The number of ketones is 2. The summed E-state index contributed by atoms with van der Waals surface area (Å²) in [5.41, 5.74) is 0.575. The van der Waals surface area contributed by atoms with Crippen molar-refractivity contribution in [1.29, 1.82) is 0 Å². The second-order valence-corrected chi connectivity index (χ2v) is 4.74. The van der Waals surface area contributed by atoms with Crippen LogP contribution in [0.5, 0.6) is 0 Å². The zero-order chi connectivity index (χ0) is 16.6. The van der Waals surface area contributed by atoms with E-state index in [1.54, 1.807) is 24.3 Å². The average molecular weight is 530 g/mol. The number of halogens is 2. The molecule has 6 heteroatoms. The summed E-state index contributed by atoms with van der Waals surface area (Å²) in [7, 11) is 0. The van der Waals surface area contributed by atoms with Gasteiger partial charge in [0, 0.05) is 49.2 Å². The van der Waals surface area contributed by atoms with Gasteiger partial charge in [0.15, 0.2) is 11.6 Å². The molecule has 0 bridgehead atoms. The molecule has 1 aliphatic heterocycles. The Kier molecular flexibility index (Phi) is 9.03. The Bertz CT molecular complexity index is 484. The number of carbonyl (C=O) groups is 2. The van der Waals surface area contributed by atoms with E-state index in [2.05, 4.69) is 37.2 Å². The zero-order valence-corrected chi connectivity index (χ0v) is 17.0. The van der Waals surface area contributed by atoms with Gasteiger partial charge in [-0.2, -0.15) is 0 Å². The molecule has 4 nitrogen and oxygen atoms in total. The lowest BCUT2D eigenvalue weighted by Crippen LogP contribution is -2.27. The number of carbonyl (C=O) groups excluding carboxylic acids is 2. The Morgan fingerprint density at radius 2 is 1.68 bits per heavy atom. The predicted molar refractivity (Wildman–Crippen MR) is 103 cm³/mol. The molecule has 1 atom stereocenters. The Hall–Kier alpha value is -0.0600. The minimum absolute atomic E-state index is 0.0780. The van der Waals surface area contributed by atoms with Crippen molar-refractivity contribution >= 4 is 48.8 Å². The standard InChI is InChI=1S/C14H14O4.C2H6.I2/c15-12-9-14(17-6-7-18-14)8-11(12)13(16)10-4-2-1-3-5-10;2*1-2/h1-5,11H,6-9H2;1-2H3;. The summed E-state index contributed by atoms with van der Waals surface area (Å²) in [6, 6.07) is 8.90. The molecule has 122 valence electrons. The highest BCUT2D eigenvalue weighted by Gasteiger charge is 2.51. The van der Waals surface area contributed by atoms with Crippen LogP contribution in [-0.4, -0.2) is 30.6 Å². The second kappa shape index (κ2) is 9.94. The van der Waals surface area contributed by atoms with Crippen molar-refractivity contribution < 1.29 is 19.1 Å². The SMILES string of the molecule is CC.II.O=C1CC2(CC1C(=O)c1ccccc1)OCCO2. The third-order valence-corrected chi connectivity index (χ3v) is 3.54. The second-order valence-electron chi connectivity index (χ2n) is 4.74. The molecule has 3 rings (SSSR count). The van der Waals surface area contributed by atoms with E-state index in [0.29, 0.717) is 25.2 Å². The third kappa shape index (κ3) is 4.72. The van der Waals surface area contributed by atoms with Gasteiger partial charge in [-0.3, -0.25) is 9.59 Å². The molecular weight excluding hydrogens is 510 g/mol. The summed E-state index contributed by atoms with van der Waals surface area (Å²) in [4.78, 5) is 24.2. The number of hydrogen-bond donors (Lipinski definition) is 0. The monoisotopic (exact) mass is 530 g/mol. The lowest BCUT2D eigenvalue weighted by Gasteiger charge is -2.20. The molecule has 1 unspecified atom stereocenters. The summed E-state index contributed by atoms with van der Waals surface area (Å²) in [5, 5.41) is 0. The highest BCUT2D eigenvalue weighted by Crippen LogP contribution is 2.39. The first-order valence-electron chi connectivity index (χ1n) is 7.24. The fraction of sp³-hybridized carbons (Fsp3) is 0.500. The molecule has 1 spiro atoms. The van der Waals surface area contributed by atoms with Gasteiger partial charge >= 0.3 is 0 Å². The number of Topliss-reactive ketones (excluding diaryl/α,β-unsaturated/α-hetero) is 2. The van der Waals surface area contributed by atoms with Gasteiger partial charge < -0.3 is 9.47 Å². The number of rotatable bonds is 2. The van der Waals surface area contributed by atoms with E-state index in [4.69, 9.17) is 9.47 Å². The summed E-state index contributed by atoms with van der Waals surface area (Å²) < 4.78 is 11.0. The minimum atomic E-state index is -0.827. The fourth-order valence-electron chi connectivity index (χ4n) is 2.65. The molecule has 1 aliphatic carbocycles. The molecule has 0 aromatic heterocycles. The molecule has 1 aromatic carbocycles. The van der Waals surface area contributed by atoms with Crippen molar-refractivity contribution in [3.63, 3.8) is 0 Å². The van der Waals surface area contributed by atoms with Crippen molar-refractivity contribution in [2.75, 3.05) is 13.2 Å². The van der Waals surface area contributed by atoms with Crippen LogP contribution in [0.4, 0.5) is 0 Å². The van der Waals surface area contributed by atoms with Gasteiger partial charge in [-0.15, -0.1) is 0 Å². The first kappa shape index (κ1) is 20.0. The number of hydrogen-bond acceptors (Lipinski definition) is 4. The van der Waals surface area contributed by atoms with Gasteiger partial charge in [-0.05, 0) is 0 Å². The van der Waals surface area contributed by atoms with Crippen LogP contribution >= 0.6 is 37.2 Å². The van der Waals surface area contributed by atoms with E-state index in [1.165, 1.54) is 0 Å². The molecule has 1 saturated carbocycles. The van der Waals surface area contributed by atoms with E-state index in [1.807, 2.05) is 19.9 Å². The molecular formula is C16H20I2O4. The fourth-order valence-corrected chi connectivity index (χ4v) is 2.65. The Morgan fingerprint density at radius 1 is 1.14 bits per heavy atom. The Balaban J connectivity index is 0.000000561. The van der Waals surface area contributed by atoms with Crippen LogP contribution in [0, 0.1) is 5.92 Å². The first-order chi connectivity index (χ1) is 10.7. The molecule has 1 aromatic rings. The lowest BCUT2D eigenvalue weighted by atomic mass is 9.95. The first-order valence-corrected chi connectivity index (χ1v) is 13.5. The predicted octanol–water partition coefficient (Wildman–Crippen LogP) is 4.39. The van der Waals surface area contributed by atoms with Crippen LogP contribution < -0.4 is 0 Å². The van der Waals surface area contributed by atoms with Crippen molar-refractivity contribution in [3.05, 3.63) is 35.9 Å². The van der Waals surface area contributed by atoms with E-state index in [0.717, 1.165) is 0 Å². The van der Waals surface area contributed by atoms with E-state index in [9.17, 15) is 9.59 Å². The van der Waals surface area contributed by atoms with Gasteiger partial charge in [-0.25, -0.2) is 0 Å². The summed E-state index contributed by atoms with van der Waals surface area (Å²) >= 11 is 4.24. The van der Waals surface area contributed by atoms with Crippen LogP contribution in [0.2, 0.25) is 0 Å². The zero-order valence-electron chi connectivity index (χ0n) is 12.7. The minimum Gasteiger partial charge on any atom is -0.347 e. The highest BCUT2D eigenvalue weighted by molar-refractivity contribution is 15.0. The van der Waals surface area contributed by atoms with Crippen LogP contribution in [0.3, 0.4) is 0 Å². The molecule has 2 aliphatic rings. The van der Waals surface area contributed by atoms with Crippen molar-refractivity contribution in [2.24, 2.45) is 5.92 Å². The van der Waals surface area contributed by atoms with Gasteiger partial charge in [0.25, 0.3) is 0 Å². The van der Waals surface area contributed by atoms with Crippen LogP contribution in [0.1, 0.15) is 37.0 Å². The summed E-state index contributed by atoms with van der Waals surface area (Å²) in [6.45, 7) is 5.00. The van der Waals surface area contributed by atoms with Gasteiger partial charge in [0.05, 0.1) is 25.6 Å². The molecule has 22 heavy (non-hydrogen) atoms. The lowest BCUT2D eigenvalue weighted by molar-refractivity contribution is -0.154. The number of benzene rings is 1. The molecule has 1 saturated heterocycles. The normalized spacial score (nSPS) is 21.6. The maximum Gasteiger partial charge on any atom is 0.176 e. The maximum atomic E-state index is 12.3. The highest BCUT2D eigenvalue weighted by atomic mass is 128. The van der Waals surface area contributed by atoms with Crippen molar-refractivity contribution in [3.8, 4) is 0 Å². The largest absolute Gasteiger partial charge is 0.347 e. The summed E-state index contributed by atoms with van der Waals surface area (Å²) in [6.07, 6.45) is 0.538. The molecule has 0 radical (unpaired) electrons. The Labute approximate surface area is 154 Å². The Morgan fingerprint density at radius 3 is 2.23 bits per heavy atom. The smallest absolute Gasteiger partial charge is 0.176 e. The maximum absolute atomic E-state index is 12.3. The number of ether oxygens (including phenoxy) is 2. The molecule has 1 heterocycles. The van der Waals surface area contributed by atoms with E-state index < -0.39 is 11.7 Å². The molecule has 0 N–H and O–H groups in total. The van der Waals surface area contributed by atoms with Gasteiger partial charge in [-0.1, -0.05) is 44.2 Å². The molecule has 0 amide bonds. The third-order valence-electron chi connectivity index (χ3n) is 3.54.